The van der Waals surface area contributed by atoms with Gasteiger partial charge in [-0.05, 0) is 12.8 Å². The van der Waals surface area contributed by atoms with Gasteiger partial charge < -0.3 is 5.73 Å². The fourth-order valence-electron chi connectivity index (χ4n) is 1.79. The van der Waals surface area contributed by atoms with Crippen molar-refractivity contribution >= 4 is 19.9 Å². The van der Waals surface area contributed by atoms with E-state index in [9.17, 15) is 16.8 Å². The van der Waals surface area contributed by atoms with Crippen LogP contribution in [-0.4, -0.2) is 45.2 Å². The Balaban J connectivity index is 2.88. The first-order chi connectivity index (χ1) is 7.22. The standard InChI is InChI=1S/C8H18N2O4S2/c1-15(11,12)7-16(13,14)10-6-4-2-3-5-8(10)9/h8H,2-7,9H2,1H3. The van der Waals surface area contributed by atoms with Gasteiger partial charge in [0.25, 0.3) is 0 Å². The van der Waals surface area contributed by atoms with E-state index in [1.807, 2.05) is 0 Å². The lowest BCUT2D eigenvalue weighted by molar-refractivity contribution is 0.331. The van der Waals surface area contributed by atoms with Gasteiger partial charge in [0, 0.05) is 12.8 Å². The molecule has 6 nitrogen and oxygen atoms in total. The molecular formula is C8H18N2O4S2. The van der Waals surface area contributed by atoms with Gasteiger partial charge in [0.1, 0.15) is 0 Å². The van der Waals surface area contributed by atoms with Gasteiger partial charge in [-0.15, -0.1) is 0 Å². The first-order valence-corrected chi connectivity index (χ1v) is 8.82. The Hall–Kier alpha value is -0.180. The number of rotatable bonds is 3. The summed E-state index contributed by atoms with van der Waals surface area (Å²) in [6.45, 7) is 0.318. The van der Waals surface area contributed by atoms with E-state index in [-0.39, 0.29) is 0 Å². The van der Waals surface area contributed by atoms with Crippen LogP contribution in [-0.2, 0) is 19.9 Å². The fourth-order valence-corrected chi connectivity index (χ4v) is 5.42. The summed E-state index contributed by atoms with van der Waals surface area (Å²) >= 11 is 0. The maximum absolute atomic E-state index is 11.8. The van der Waals surface area contributed by atoms with Crippen molar-refractivity contribution in [2.45, 2.75) is 31.8 Å². The van der Waals surface area contributed by atoms with Crippen LogP contribution in [0.3, 0.4) is 0 Å². The van der Waals surface area contributed by atoms with Crippen LogP contribution in [0.4, 0.5) is 0 Å². The van der Waals surface area contributed by atoms with Crippen molar-refractivity contribution in [2.75, 3.05) is 17.9 Å². The van der Waals surface area contributed by atoms with E-state index in [4.69, 9.17) is 5.73 Å². The molecule has 0 bridgehead atoms. The molecule has 0 aromatic heterocycles. The maximum Gasteiger partial charge on any atom is 0.229 e. The van der Waals surface area contributed by atoms with Gasteiger partial charge in [-0.3, -0.25) is 0 Å². The smallest absolute Gasteiger partial charge is 0.229 e. The summed E-state index contributed by atoms with van der Waals surface area (Å²) in [6, 6.07) is 0. The highest BCUT2D eigenvalue weighted by atomic mass is 32.3. The molecule has 1 aliphatic rings. The summed E-state index contributed by atoms with van der Waals surface area (Å²) in [5.41, 5.74) is 5.74. The molecule has 1 aliphatic heterocycles. The fraction of sp³-hybridized carbons (Fsp3) is 1.00. The summed E-state index contributed by atoms with van der Waals surface area (Å²) < 4.78 is 46.9. The van der Waals surface area contributed by atoms with Gasteiger partial charge in [0.05, 0.1) is 6.17 Å². The lowest BCUT2D eigenvalue weighted by Gasteiger charge is -2.25. The molecule has 8 heteroatoms. The summed E-state index contributed by atoms with van der Waals surface area (Å²) in [5, 5.41) is -0.853. The first-order valence-electron chi connectivity index (χ1n) is 5.15. The molecule has 0 radical (unpaired) electrons. The molecular weight excluding hydrogens is 252 g/mol. The average Bonchev–Trinajstić information content (AvgIpc) is 2.25. The van der Waals surface area contributed by atoms with Crippen molar-refractivity contribution in [1.82, 2.24) is 4.31 Å². The highest BCUT2D eigenvalue weighted by molar-refractivity contribution is 8.06. The molecule has 96 valence electrons. The van der Waals surface area contributed by atoms with E-state index in [1.54, 1.807) is 0 Å². The van der Waals surface area contributed by atoms with Crippen molar-refractivity contribution < 1.29 is 16.8 Å². The average molecular weight is 270 g/mol. The van der Waals surface area contributed by atoms with E-state index in [1.165, 1.54) is 0 Å². The van der Waals surface area contributed by atoms with Gasteiger partial charge >= 0.3 is 0 Å². The van der Waals surface area contributed by atoms with Gasteiger partial charge in [-0.2, -0.15) is 4.31 Å². The third kappa shape index (κ3) is 4.00. The minimum Gasteiger partial charge on any atom is -0.315 e. The molecule has 1 unspecified atom stereocenters. The predicted molar refractivity (Wildman–Crippen MR) is 61.8 cm³/mol. The Labute approximate surface area is 96.8 Å². The molecule has 1 rings (SSSR count). The Bertz CT molecular complexity index is 429. The summed E-state index contributed by atoms with van der Waals surface area (Å²) in [5.74, 6) is 0. The number of nitrogens with two attached hydrogens (primary N) is 1. The minimum absolute atomic E-state index is 0.318. The zero-order chi connectivity index (χ0) is 12.4. The third-order valence-corrected chi connectivity index (χ3v) is 6.54. The van der Waals surface area contributed by atoms with Crippen LogP contribution in [0.1, 0.15) is 25.7 Å². The number of sulfone groups is 1. The van der Waals surface area contributed by atoms with Crippen molar-refractivity contribution in [1.29, 1.82) is 0 Å². The Kier molecular flexibility index (Phi) is 4.33. The quantitative estimate of drug-likeness (QED) is 0.744. The molecule has 2 N–H and O–H groups in total. The highest BCUT2D eigenvalue weighted by Crippen LogP contribution is 2.17. The van der Waals surface area contributed by atoms with Crippen LogP contribution in [0.5, 0.6) is 0 Å². The monoisotopic (exact) mass is 270 g/mol. The van der Waals surface area contributed by atoms with Crippen LogP contribution in [0, 0.1) is 0 Å². The molecule has 1 atom stereocenters. The Morgan fingerprint density at radius 1 is 1.19 bits per heavy atom. The molecule has 1 fully saturated rings. The molecule has 0 aromatic rings. The second-order valence-electron chi connectivity index (χ2n) is 4.18. The summed E-state index contributed by atoms with van der Waals surface area (Å²) in [7, 11) is -7.34. The zero-order valence-electron chi connectivity index (χ0n) is 9.29. The molecule has 1 heterocycles. The van der Waals surface area contributed by atoms with Crippen LogP contribution >= 0.6 is 0 Å². The van der Waals surface area contributed by atoms with Crippen LogP contribution in [0.25, 0.3) is 0 Å². The molecule has 0 aromatic carbocycles. The summed E-state index contributed by atoms with van der Waals surface area (Å²) in [6.07, 6.45) is 3.45. The SMILES string of the molecule is CS(=O)(=O)CS(=O)(=O)N1CCCCCC1N. The van der Waals surface area contributed by atoms with Crippen LogP contribution < -0.4 is 5.73 Å². The van der Waals surface area contributed by atoms with Gasteiger partial charge in [-0.1, -0.05) is 12.8 Å². The lowest BCUT2D eigenvalue weighted by atomic mass is 10.2. The van der Waals surface area contributed by atoms with Crippen LogP contribution in [0.15, 0.2) is 0 Å². The Morgan fingerprint density at radius 3 is 2.38 bits per heavy atom. The number of sulfonamides is 1. The maximum atomic E-state index is 11.8. The second kappa shape index (κ2) is 4.99. The van der Waals surface area contributed by atoms with Gasteiger partial charge in [-0.25, -0.2) is 16.8 Å². The topological polar surface area (TPSA) is 97.5 Å². The lowest BCUT2D eigenvalue weighted by Crippen LogP contribution is -2.47. The minimum atomic E-state index is -3.79. The van der Waals surface area contributed by atoms with Crippen LogP contribution in [0.2, 0.25) is 0 Å². The first kappa shape index (κ1) is 13.9. The van der Waals surface area contributed by atoms with Gasteiger partial charge in [0.2, 0.25) is 10.0 Å². The molecule has 0 amide bonds. The second-order valence-corrected chi connectivity index (χ2v) is 8.61. The normalized spacial score (nSPS) is 25.2. The van der Waals surface area contributed by atoms with Crippen molar-refractivity contribution in [3.63, 3.8) is 0 Å². The number of hydrogen-bond acceptors (Lipinski definition) is 5. The molecule has 0 saturated carbocycles. The number of hydrogen-bond donors (Lipinski definition) is 1. The molecule has 0 aliphatic carbocycles. The highest BCUT2D eigenvalue weighted by Gasteiger charge is 2.31. The van der Waals surface area contributed by atoms with Gasteiger partial charge in [0.15, 0.2) is 14.9 Å². The third-order valence-electron chi connectivity index (χ3n) is 2.47. The predicted octanol–water partition coefficient (Wildman–Crippen LogP) is -0.521. The van der Waals surface area contributed by atoms with E-state index in [0.29, 0.717) is 13.0 Å². The molecule has 1 saturated heterocycles. The van der Waals surface area contributed by atoms with E-state index >= 15 is 0 Å². The molecule has 0 spiro atoms. The zero-order valence-corrected chi connectivity index (χ0v) is 10.9. The largest absolute Gasteiger partial charge is 0.315 e. The van der Waals surface area contributed by atoms with Crippen molar-refractivity contribution in [3.8, 4) is 0 Å². The Morgan fingerprint density at radius 2 is 1.81 bits per heavy atom. The number of nitrogens with zero attached hydrogens (tertiary/aromatic N) is 1. The van der Waals surface area contributed by atoms with E-state index in [2.05, 4.69) is 0 Å². The summed E-state index contributed by atoms with van der Waals surface area (Å²) in [4.78, 5) is 0. The molecule has 16 heavy (non-hydrogen) atoms. The van der Waals surface area contributed by atoms with Crippen molar-refractivity contribution in [3.05, 3.63) is 0 Å². The van der Waals surface area contributed by atoms with E-state index in [0.717, 1.165) is 29.8 Å². The van der Waals surface area contributed by atoms with Crippen molar-refractivity contribution in [2.24, 2.45) is 5.73 Å². The van der Waals surface area contributed by atoms with E-state index < -0.39 is 31.1 Å².